The number of aromatic nitrogens is 3. The van der Waals surface area contributed by atoms with Gasteiger partial charge in [-0.3, -0.25) is 4.57 Å². The third kappa shape index (κ3) is 2.59. The number of hydrogen-bond donors (Lipinski definition) is 3. The molecule has 0 unspecified atom stereocenters. The first-order chi connectivity index (χ1) is 9.04. The van der Waals surface area contributed by atoms with E-state index >= 15 is 0 Å². The van der Waals surface area contributed by atoms with E-state index in [1.807, 2.05) is 0 Å². The van der Waals surface area contributed by atoms with E-state index in [1.54, 1.807) is 25.2 Å². The number of halogens is 1. The van der Waals surface area contributed by atoms with E-state index < -0.39 is 0 Å². The Hall–Kier alpha value is -1.93. The highest BCUT2D eigenvalue weighted by Gasteiger charge is 2.15. The molecule has 0 spiro atoms. The Morgan fingerprint density at radius 2 is 2.37 bits per heavy atom. The normalized spacial score (nSPS) is 11.8. The summed E-state index contributed by atoms with van der Waals surface area (Å²) in [5, 5.41) is 18.7. The van der Waals surface area contributed by atoms with Gasteiger partial charge in [-0.15, -0.1) is 5.10 Å². The number of nitrogens with zero attached hydrogens (tertiary/aromatic N) is 3. The van der Waals surface area contributed by atoms with Crippen LogP contribution in [0.5, 0.6) is 0 Å². The Morgan fingerprint density at radius 1 is 1.63 bits per heavy atom. The summed E-state index contributed by atoms with van der Waals surface area (Å²) in [5.74, 6) is -0.103. The van der Waals surface area contributed by atoms with Crippen LogP contribution in [0.25, 0.3) is 0 Å². The average molecular weight is 300 g/mol. The third-order valence-corrected chi connectivity index (χ3v) is 3.80. The lowest BCUT2D eigenvalue weighted by Crippen LogP contribution is -2.15. The molecule has 9 heteroatoms. The molecule has 19 heavy (non-hydrogen) atoms. The largest absolute Gasteiger partial charge is 0.409 e. The summed E-state index contributed by atoms with van der Waals surface area (Å²) in [7, 11) is 1.59. The topological polar surface area (TPSA) is 109 Å². The van der Waals surface area contributed by atoms with Crippen LogP contribution >= 0.6 is 23.4 Å². The molecular formula is C10H10ClN5O2S. The van der Waals surface area contributed by atoms with Crippen LogP contribution in [0, 0.1) is 0 Å². The standard InChI is InChI=1S/C10H10ClN5O2S/c1-16-9(17)13-14-10(16)19-6-4-2-3-5(11)7(6)8(12)15-18/h2-4,18H,1H3,(H2,12,15)(H,13,17). The maximum Gasteiger partial charge on any atom is 0.343 e. The quantitative estimate of drug-likeness (QED) is 0.339. The number of nitrogens with one attached hydrogen (secondary N) is 1. The zero-order chi connectivity index (χ0) is 14.0. The summed E-state index contributed by atoms with van der Waals surface area (Å²) >= 11 is 7.22. The minimum Gasteiger partial charge on any atom is -0.409 e. The molecule has 0 amide bonds. The van der Waals surface area contributed by atoms with Gasteiger partial charge in [-0.25, -0.2) is 9.89 Å². The van der Waals surface area contributed by atoms with Crippen molar-refractivity contribution in [3.63, 3.8) is 0 Å². The molecule has 0 saturated carbocycles. The molecule has 2 rings (SSSR count). The molecule has 7 nitrogen and oxygen atoms in total. The first-order valence-corrected chi connectivity index (χ1v) is 6.29. The van der Waals surface area contributed by atoms with E-state index in [2.05, 4.69) is 15.4 Å². The fourth-order valence-corrected chi connectivity index (χ4v) is 2.71. The van der Waals surface area contributed by atoms with Crippen LogP contribution in [-0.2, 0) is 7.05 Å². The van der Waals surface area contributed by atoms with E-state index in [9.17, 15) is 4.79 Å². The molecule has 0 atom stereocenters. The first-order valence-electron chi connectivity index (χ1n) is 5.10. The van der Waals surface area contributed by atoms with Crippen molar-refractivity contribution in [2.75, 3.05) is 0 Å². The van der Waals surface area contributed by atoms with Crippen molar-refractivity contribution in [1.82, 2.24) is 14.8 Å². The molecule has 0 fully saturated rings. The molecule has 0 aliphatic carbocycles. The van der Waals surface area contributed by atoms with Gasteiger partial charge in [-0.2, -0.15) is 0 Å². The van der Waals surface area contributed by atoms with E-state index in [0.717, 1.165) is 0 Å². The van der Waals surface area contributed by atoms with E-state index in [1.165, 1.54) is 16.3 Å². The Labute approximate surface area is 117 Å². The molecule has 1 aromatic heterocycles. The van der Waals surface area contributed by atoms with Crippen LogP contribution < -0.4 is 11.4 Å². The number of hydrogen-bond acceptors (Lipinski definition) is 5. The van der Waals surface area contributed by atoms with Crippen molar-refractivity contribution in [1.29, 1.82) is 0 Å². The van der Waals surface area contributed by atoms with Crippen LogP contribution in [0.2, 0.25) is 5.02 Å². The molecule has 0 radical (unpaired) electrons. The number of rotatable bonds is 3. The SMILES string of the molecule is Cn1c(Sc2cccc(Cl)c2/C(N)=N/O)n[nH]c1=O. The molecular weight excluding hydrogens is 290 g/mol. The monoisotopic (exact) mass is 299 g/mol. The van der Waals surface area contributed by atoms with Crippen molar-refractivity contribution in [2.24, 2.45) is 17.9 Å². The zero-order valence-electron chi connectivity index (χ0n) is 9.79. The van der Waals surface area contributed by atoms with Crippen molar-refractivity contribution < 1.29 is 5.21 Å². The van der Waals surface area contributed by atoms with Gasteiger partial charge in [0.2, 0.25) is 0 Å². The van der Waals surface area contributed by atoms with Crippen molar-refractivity contribution in [3.05, 3.63) is 39.3 Å². The molecule has 2 aromatic rings. The van der Waals surface area contributed by atoms with Crippen molar-refractivity contribution in [3.8, 4) is 0 Å². The van der Waals surface area contributed by atoms with E-state index in [0.29, 0.717) is 20.6 Å². The van der Waals surface area contributed by atoms with Crippen molar-refractivity contribution >= 4 is 29.2 Å². The maximum absolute atomic E-state index is 11.3. The summed E-state index contributed by atoms with van der Waals surface area (Å²) in [5.41, 5.74) is 5.67. The fraction of sp³-hybridized carbons (Fsp3) is 0.100. The molecule has 1 heterocycles. The van der Waals surface area contributed by atoms with Gasteiger partial charge < -0.3 is 10.9 Å². The summed E-state index contributed by atoms with van der Waals surface area (Å²) in [4.78, 5) is 11.9. The minimum atomic E-state index is -0.324. The van der Waals surface area contributed by atoms with Gasteiger partial charge >= 0.3 is 5.69 Å². The van der Waals surface area contributed by atoms with Gasteiger partial charge in [0.05, 0.1) is 10.6 Å². The second-order valence-corrected chi connectivity index (χ2v) is 4.99. The van der Waals surface area contributed by atoms with E-state index in [4.69, 9.17) is 22.5 Å². The van der Waals surface area contributed by atoms with Gasteiger partial charge in [0.25, 0.3) is 0 Å². The molecule has 4 N–H and O–H groups in total. The summed E-state index contributed by atoms with van der Waals surface area (Å²) in [6.07, 6.45) is 0. The highest BCUT2D eigenvalue weighted by molar-refractivity contribution is 7.99. The van der Waals surface area contributed by atoms with Crippen molar-refractivity contribution in [2.45, 2.75) is 10.1 Å². The Morgan fingerprint density at radius 3 is 2.95 bits per heavy atom. The molecule has 0 aliphatic rings. The molecule has 1 aromatic carbocycles. The molecule has 0 aliphatic heterocycles. The highest BCUT2D eigenvalue weighted by Crippen LogP contribution is 2.31. The summed E-state index contributed by atoms with van der Waals surface area (Å²) in [6, 6.07) is 5.09. The lowest BCUT2D eigenvalue weighted by Gasteiger charge is -2.08. The Bertz CT molecular complexity index is 693. The van der Waals surface area contributed by atoms with Crippen LogP contribution in [0.1, 0.15) is 5.56 Å². The lowest BCUT2D eigenvalue weighted by molar-refractivity contribution is 0.318. The fourth-order valence-electron chi connectivity index (χ4n) is 1.41. The van der Waals surface area contributed by atoms with Crippen LogP contribution in [0.15, 0.2) is 38.2 Å². The van der Waals surface area contributed by atoms with Crippen LogP contribution in [-0.4, -0.2) is 25.8 Å². The van der Waals surface area contributed by atoms with E-state index in [-0.39, 0.29) is 11.5 Å². The first kappa shape index (κ1) is 13.5. The maximum atomic E-state index is 11.3. The molecule has 0 bridgehead atoms. The summed E-state index contributed by atoms with van der Waals surface area (Å²) in [6.45, 7) is 0. The summed E-state index contributed by atoms with van der Waals surface area (Å²) < 4.78 is 1.35. The van der Waals surface area contributed by atoms with Gasteiger partial charge in [0, 0.05) is 11.9 Å². The number of aromatic amines is 1. The second-order valence-electron chi connectivity index (χ2n) is 3.57. The zero-order valence-corrected chi connectivity index (χ0v) is 11.4. The van der Waals surface area contributed by atoms with Gasteiger partial charge in [-0.1, -0.05) is 22.8 Å². The third-order valence-electron chi connectivity index (χ3n) is 2.38. The molecule has 0 saturated heterocycles. The number of H-pyrrole nitrogens is 1. The number of nitrogens with two attached hydrogens (primary N) is 1. The lowest BCUT2D eigenvalue weighted by atomic mass is 10.2. The molecule has 100 valence electrons. The van der Waals surface area contributed by atoms with Crippen LogP contribution in [0.4, 0.5) is 0 Å². The van der Waals surface area contributed by atoms with Crippen LogP contribution in [0.3, 0.4) is 0 Å². The highest BCUT2D eigenvalue weighted by atomic mass is 35.5. The van der Waals surface area contributed by atoms with Gasteiger partial charge in [0.1, 0.15) is 0 Å². The number of benzene rings is 1. The predicted molar refractivity (Wildman–Crippen MR) is 71.9 cm³/mol. The number of oxime groups is 1. The van der Waals surface area contributed by atoms with Gasteiger partial charge in [-0.05, 0) is 23.9 Å². The second kappa shape index (κ2) is 5.37. The average Bonchev–Trinajstić information content (AvgIpc) is 2.70. The Balaban J connectivity index is 2.49. The minimum absolute atomic E-state index is 0.103. The number of amidine groups is 1. The smallest absolute Gasteiger partial charge is 0.343 e. The van der Waals surface area contributed by atoms with Gasteiger partial charge in [0.15, 0.2) is 11.0 Å². The Kier molecular flexibility index (Phi) is 3.82. The predicted octanol–water partition coefficient (Wildman–Crippen LogP) is 1.01.